The van der Waals surface area contributed by atoms with Gasteiger partial charge in [0.2, 0.25) is 0 Å². The molecule has 21 aliphatic heterocycles. The van der Waals surface area contributed by atoms with Gasteiger partial charge in [-0.3, -0.25) is 4.79 Å². The number of ether oxygens (including phenoxy) is 14. The summed E-state index contributed by atoms with van der Waals surface area (Å²) in [7, 11) is 0. The Morgan fingerprint density at radius 2 is 0.523 bits per heavy atom. The van der Waals surface area contributed by atoms with Crippen molar-refractivity contribution in [1.82, 2.24) is 5.32 Å². The highest BCUT2D eigenvalue weighted by Crippen LogP contribution is 2.39. The van der Waals surface area contributed by atoms with Crippen LogP contribution >= 0.6 is 0 Å². The lowest BCUT2D eigenvalue weighted by Gasteiger charge is -2.50. The Kier molecular flexibility index (Phi) is 23.8. The first-order valence-corrected chi connectivity index (χ1v) is 28.3. The van der Waals surface area contributed by atoms with E-state index in [0.717, 1.165) is 0 Å². The molecule has 37 heteroatoms. The highest BCUT2D eigenvalue weighted by Gasteiger charge is 2.59. The SMILES string of the molecule is O=C(O)[C@@H](Cc1ccccc1)NC[C@@H]1O[C@@H]2O[C@H]3[C@@H](O)[C@H](O)[C@@H](O[C@H]4[C@H](O)[C@H](O)[C@@H](O[C@H]5[C@H](O)[C@@H](O)[C@@H](O[C@H]6[C@H](O)[C@@H](O)[C@@H](O[C@H]7[C@H](O)[C@@H](O)[C@@H](O[C@H]8[C@H](O)[C@@H](O)[C@@H](O[C@H]1[C@H](O)[C@H]2O)O[C@H]8CO)O[C@H]7CO)O[C@H]6CO)O[C@@H]5CO)O[C@@H]4CO)O[C@@H]3CO. The van der Waals surface area contributed by atoms with Crippen molar-refractivity contribution in [1.29, 1.82) is 0 Å². The van der Waals surface area contributed by atoms with Crippen molar-refractivity contribution < 1.29 is 178 Å². The average Bonchev–Trinajstić information content (AvgIpc) is 0.981. The Morgan fingerprint density at radius 1 is 0.318 bits per heavy atom. The Bertz CT molecular complexity index is 2310. The number of hydrogen-bond donors (Lipinski definition) is 22. The molecule has 1 aromatic carbocycles. The molecule has 36 atom stereocenters. The van der Waals surface area contributed by atoms with Crippen LogP contribution < -0.4 is 5.32 Å². The van der Waals surface area contributed by atoms with Crippen molar-refractivity contribution in [2.24, 2.45) is 0 Å². The van der Waals surface area contributed by atoms with E-state index in [-0.39, 0.29) is 6.42 Å². The van der Waals surface area contributed by atoms with Crippen molar-refractivity contribution in [2.75, 3.05) is 46.2 Å². The second-order valence-corrected chi connectivity index (χ2v) is 22.5. The minimum absolute atomic E-state index is 0.139. The topological polar surface area (TPSA) is 583 Å². The number of rotatable bonds is 12. The van der Waals surface area contributed by atoms with E-state index in [0.29, 0.717) is 5.56 Å². The molecule has 0 amide bonds. The third-order valence-electron chi connectivity index (χ3n) is 16.7. The first-order chi connectivity index (χ1) is 42.0. The molecule has 21 heterocycles. The molecule has 0 aromatic heterocycles. The van der Waals surface area contributed by atoms with E-state index in [1.807, 2.05) is 0 Å². The van der Waals surface area contributed by atoms with E-state index in [1.54, 1.807) is 30.3 Å². The normalized spacial score (nSPS) is 50.2. The number of carboxylic acids is 1. The number of carbonyl (C=O) groups is 1. The lowest BCUT2D eigenvalue weighted by Crippen LogP contribution is -2.68. The van der Waals surface area contributed by atoms with Gasteiger partial charge in [0.25, 0.3) is 0 Å². The molecule has 0 spiro atoms. The van der Waals surface area contributed by atoms with Gasteiger partial charge in [0.15, 0.2) is 44.0 Å². The highest BCUT2D eigenvalue weighted by atomic mass is 16.8. The van der Waals surface area contributed by atoms with Gasteiger partial charge in [0, 0.05) is 6.54 Å². The molecule has 21 aliphatic rings. The maximum absolute atomic E-state index is 12.6. The third-order valence-corrected chi connectivity index (χ3v) is 16.7. The van der Waals surface area contributed by atoms with Gasteiger partial charge in [-0.1, -0.05) is 30.3 Å². The lowest BCUT2D eigenvalue weighted by atomic mass is 9.95. The molecule has 37 nitrogen and oxygen atoms in total. The fourth-order valence-electron chi connectivity index (χ4n) is 11.8. The number of aliphatic carboxylic acids is 1. The van der Waals surface area contributed by atoms with Crippen LogP contribution in [0.5, 0.6) is 0 Å². The zero-order valence-electron chi connectivity index (χ0n) is 46.3. The summed E-state index contributed by atoms with van der Waals surface area (Å²) in [5.74, 6) is -1.38. The van der Waals surface area contributed by atoms with Crippen LogP contribution in [0.3, 0.4) is 0 Å². The summed E-state index contributed by atoms with van der Waals surface area (Å²) in [6.07, 6.45) is -71.8. The second kappa shape index (κ2) is 30.1. The highest BCUT2D eigenvalue weighted by molar-refractivity contribution is 5.73. The summed E-state index contributed by atoms with van der Waals surface area (Å²) >= 11 is 0. The summed E-state index contributed by atoms with van der Waals surface area (Å²) in [6, 6.07) is 6.86. The van der Waals surface area contributed by atoms with Crippen LogP contribution in [0.4, 0.5) is 0 Å². The number of benzene rings is 1. The zero-order valence-corrected chi connectivity index (χ0v) is 46.3. The average molecular weight is 1280 g/mol. The van der Waals surface area contributed by atoms with Crippen LogP contribution in [0, 0.1) is 0 Å². The Morgan fingerprint density at radius 3 is 0.727 bits per heavy atom. The molecule has 504 valence electrons. The van der Waals surface area contributed by atoms with Gasteiger partial charge in [-0.2, -0.15) is 0 Å². The van der Waals surface area contributed by atoms with E-state index in [9.17, 15) is 112 Å². The number of aliphatic hydroxyl groups is 20. The van der Waals surface area contributed by atoms with Crippen LogP contribution in [-0.2, 0) is 77.5 Å². The first kappa shape index (κ1) is 69.6. The summed E-state index contributed by atoms with van der Waals surface area (Å²) in [4.78, 5) is 12.6. The maximum atomic E-state index is 12.6. The van der Waals surface area contributed by atoms with Crippen molar-refractivity contribution >= 4 is 5.97 Å². The van der Waals surface area contributed by atoms with Crippen LogP contribution in [0.2, 0.25) is 0 Å². The molecule has 0 radical (unpaired) electrons. The number of carboxylic acid groups (broad SMARTS) is 1. The van der Waals surface area contributed by atoms with E-state index in [1.165, 1.54) is 0 Å². The van der Waals surface area contributed by atoms with Gasteiger partial charge in [0.1, 0.15) is 177 Å². The molecular weight excluding hydrogens is 1200 g/mol. The monoisotopic (exact) mass is 1280 g/mol. The Balaban J connectivity index is 1.02. The van der Waals surface area contributed by atoms with Crippen molar-refractivity contribution in [2.45, 2.75) is 227 Å². The number of nitrogens with one attached hydrogen (secondary N) is 1. The molecule has 22 N–H and O–H groups in total. The molecule has 21 saturated heterocycles. The fourth-order valence-corrected chi connectivity index (χ4v) is 11.8. The summed E-state index contributed by atoms with van der Waals surface area (Å²) in [6.45, 7) is -7.07. The molecule has 14 bridgehead atoms. The maximum Gasteiger partial charge on any atom is 0.321 e. The van der Waals surface area contributed by atoms with Crippen molar-refractivity contribution in [3.05, 3.63) is 35.9 Å². The fraction of sp³-hybridized carbons (Fsp3) is 0.863. The van der Waals surface area contributed by atoms with Gasteiger partial charge in [-0.15, -0.1) is 0 Å². The molecule has 0 unspecified atom stereocenters. The first-order valence-electron chi connectivity index (χ1n) is 28.3. The van der Waals surface area contributed by atoms with Crippen LogP contribution in [0.15, 0.2) is 30.3 Å². The number of hydrogen-bond acceptors (Lipinski definition) is 36. The third kappa shape index (κ3) is 14.3. The summed E-state index contributed by atoms with van der Waals surface area (Å²) in [5.41, 5.74) is 0.550. The minimum atomic E-state index is -2.28. The molecular formula is C51H79NO36. The van der Waals surface area contributed by atoms with Crippen LogP contribution in [0.1, 0.15) is 5.56 Å². The van der Waals surface area contributed by atoms with E-state index < -0.39 is 273 Å². The predicted molar refractivity (Wildman–Crippen MR) is 271 cm³/mol. The number of aliphatic hydroxyl groups excluding tert-OH is 20. The van der Waals surface area contributed by atoms with Gasteiger partial charge < -0.3 is 179 Å². The van der Waals surface area contributed by atoms with Gasteiger partial charge in [-0.25, -0.2) is 0 Å². The van der Waals surface area contributed by atoms with E-state index in [2.05, 4.69) is 5.32 Å². The van der Waals surface area contributed by atoms with Crippen molar-refractivity contribution in [3.8, 4) is 0 Å². The van der Waals surface area contributed by atoms with Gasteiger partial charge >= 0.3 is 5.97 Å². The van der Waals surface area contributed by atoms with E-state index in [4.69, 9.17) is 66.3 Å². The Hall–Kier alpha value is -2.71. The smallest absolute Gasteiger partial charge is 0.321 e. The molecule has 22 rings (SSSR count). The summed E-state index contributed by atoms with van der Waals surface area (Å²) in [5, 5.41) is 237. The minimum Gasteiger partial charge on any atom is -0.480 e. The lowest BCUT2D eigenvalue weighted by molar-refractivity contribution is -0.396. The molecule has 1 aromatic rings. The zero-order chi connectivity index (χ0) is 63.7. The largest absolute Gasteiger partial charge is 0.480 e. The van der Waals surface area contributed by atoms with Crippen LogP contribution in [-0.4, -0.2) is 380 Å². The Labute approximate surface area is 498 Å². The second-order valence-electron chi connectivity index (χ2n) is 22.5. The molecule has 21 fully saturated rings. The summed E-state index contributed by atoms with van der Waals surface area (Å²) < 4.78 is 81.1. The quantitative estimate of drug-likeness (QED) is 0.0924. The molecule has 88 heavy (non-hydrogen) atoms. The van der Waals surface area contributed by atoms with Gasteiger partial charge in [0.05, 0.1) is 39.6 Å². The van der Waals surface area contributed by atoms with E-state index >= 15 is 0 Å². The predicted octanol–water partition coefficient (Wildman–Crippen LogP) is -13.9. The molecule has 0 aliphatic carbocycles. The van der Waals surface area contributed by atoms with Crippen molar-refractivity contribution in [3.63, 3.8) is 0 Å². The van der Waals surface area contributed by atoms with Crippen LogP contribution in [0.25, 0.3) is 0 Å². The van der Waals surface area contributed by atoms with Gasteiger partial charge in [-0.05, 0) is 12.0 Å². The standard InChI is InChI=1S/C51H79NO36/c53-8-17-38-25(61)32(68)47(77-17)85-40-19(10-55)79-49(34(70)27(40)63)87-42-21(12-57)81-51(36(72)29(42)65)88-43-22(13-58)80-50(35(71)28(43)64)86-41-20(11-56)78-48(33(69)26(41)62)84-39-18(9-54)76-46(31(67)24(39)60)82-37-16(75-45(83-38)30(66)23(37)59)7-52-15(44(73)74)6-14-4-2-1-3-5-14/h1-5,15-43,45-72H,6-13H2,(H,73,74)/t15-,16+,17-,18+,19-,20+,21-,22+,23-,24-,25+,26-,27-,28-,29-,30-,31-,32+,33-,34+,35-,36-,37-,38-,39-,40-,41-,42-,43-,45-,46-,47-,48-,49-,50-,51-/m1/s1. The molecule has 0 saturated carbocycles.